The van der Waals surface area contributed by atoms with E-state index in [-0.39, 0.29) is 11.8 Å². The van der Waals surface area contributed by atoms with Gasteiger partial charge in [-0.05, 0) is 25.1 Å². The zero-order valence-corrected chi connectivity index (χ0v) is 12.3. The van der Waals surface area contributed by atoms with Gasteiger partial charge >= 0.3 is 0 Å². The van der Waals surface area contributed by atoms with E-state index in [0.717, 1.165) is 11.3 Å². The van der Waals surface area contributed by atoms with Crippen molar-refractivity contribution in [2.45, 2.75) is 19.5 Å². The Bertz CT molecular complexity index is 566. The predicted octanol–water partition coefficient (Wildman–Crippen LogP) is 3.91. The predicted molar refractivity (Wildman–Crippen MR) is 81.4 cm³/mol. The first-order valence-corrected chi connectivity index (χ1v) is 6.84. The summed E-state index contributed by atoms with van der Waals surface area (Å²) in [5.74, 6) is 1.05. The summed E-state index contributed by atoms with van der Waals surface area (Å²) in [5.41, 5.74) is 1.78. The third-order valence-corrected chi connectivity index (χ3v) is 3.64. The maximum Gasteiger partial charge on any atom is 0.123 e. The summed E-state index contributed by atoms with van der Waals surface area (Å²) in [6.07, 6.45) is 0. The average Bonchev–Trinajstić information content (AvgIpc) is 2.46. The van der Waals surface area contributed by atoms with Crippen LogP contribution in [0.1, 0.15) is 24.1 Å². The Kier molecular flexibility index (Phi) is 4.88. The molecular weight excluding hydrogens is 274 g/mol. The Hall–Kier alpha value is -1.71. The smallest absolute Gasteiger partial charge is 0.123 e. The molecule has 0 radical (unpaired) electrons. The molecule has 2 rings (SSSR count). The van der Waals surface area contributed by atoms with Crippen LogP contribution in [0.5, 0.6) is 11.5 Å². The van der Waals surface area contributed by atoms with E-state index in [1.807, 2.05) is 31.2 Å². The highest BCUT2D eigenvalue weighted by atomic mass is 35.5. The van der Waals surface area contributed by atoms with Crippen LogP contribution in [-0.2, 0) is 6.54 Å². The number of phenols is 1. The monoisotopic (exact) mass is 291 g/mol. The molecular formula is C16H18ClNO2. The molecule has 0 aliphatic carbocycles. The van der Waals surface area contributed by atoms with Gasteiger partial charge in [-0.25, -0.2) is 0 Å². The van der Waals surface area contributed by atoms with Gasteiger partial charge in [0, 0.05) is 28.7 Å². The highest BCUT2D eigenvalue weighted by Crippen LogP contribution is 2.28. The van der Waals surface area contributed by atoms with Crippen LogP contribution in [-0.4, -0.2) is 12.2 Å². The van der Waals surface area contributed by atoms with E-state index in [1.54, 1.807) is 25.3 Å². The lowest BCUT2D eigenvalue weighted by atomic mass is 10.1. The van der Waals surface area contributed by atoms with Gasteiger partial charge < -0.3 is 15.2 Å². The molecule has 2 aromatic rings. The highest BCUT2D eigenvalue weighted by molar-refractivity contribution is 6.31. The van der Waals surface area contributed by atoms with Crippen LogP contribution in [0.4, 0.5) is 0 Å². The molecule has 2 N–H and O–H groups in total. The summed E-state index contributed by atoms with van der Waals surface area (Å²) in [6.45, 7) is 2.54. The van der Waals surface area contributed by atoms with E-state index < -0.39 is 0 Å². The number of hydrogen-bond acceptors (Lipinski definition) is 3. The van der Waals surface area contributed by atoms with Crippen LogP contribution in [0.15, 0.2) is 42.5 Å². The maximum absolute atomic E-state index is 9.83. The van der Waals surface area contributed by atoms with Crippen molar-refractivity contribution in [1.29, 1.82) is 0 Å². The normalized spacial score (nSPS) is 12.2. The molecule has 0 aliphatic rings. The quantitative estimate of drug-likeness (QED) is 0.878. The minimum atomic E-state index is 0.0850. The molecule has 0 aliphatic heterocycles. The molecule has 0 unspecified atom stereocenters. The largest absolute Gasteiger partial charge is 0.508 e. The van der Waals surface area contributed by atoms with Gasteiger partial charge in [-0.3, -0.25) is 0 Å². The van der Waals surface area contributed by atoms with E-state index in [4.69, 9.17) is 16.3 Å². The number of para-hydroxylation sites is 1. The van der Waals surface area contributed by atoms with Crippen molar-refractivity contribution >= 4 is 11.6 Å². The Labute approximate surface area is 124 Å². The fourth-order valence-corrected chi connectivity index (χ4v) is 2.35. The van der Waals surface area contributed by atoms with Crippen molar-refractivity contribution < 1.29 is 9.84 Å². The Morgan fingerprint density at radius 3 is 2.65 bits per heavy atom. The van der Waals surface area contributed by atoms with Crippen LogP contribution in [0.25, 0.3) is 0 Å². The highest BCUT2D eigenvalue weighted by Gasteiger charge is 2.12. The van der Waals surface area contributed by atoms with Crippen molar-refractivity contribution in [2.24, 2.45) is 0 Å². The van der Waals surface area contributed by atoms with Gasteiger partial charge in [0.2, 0.25) is 0 Å². The molecule has 4 heteroatoms. The summed E-state index contributed by atoms with van der Waals surface area (Å²) in [6, 6.07) is 13.1. The fraction of sp³-hybridized carbons (Fsp3) is 0.250. The molecule has 3 nitrogen and oxygen atoms in total. The number of ether oxygens (including phenoxy) is 1. The second kappa shape index (κ2) is 6.64. The first kappa shape index (κ1) is 14.7. The van der Waals surface area contributed by atoms with Gasteiger partial charge in [-0.15, -0.1) is 0 Å². The van der Waals surface area contributed by atoms with Crippen molar-refractivity contribution in [1.82, 2.24) is 5.32 Å². The van der Waals surface area contributed by atoms with Gasteiger partial charge in [0.1, 0.15) is 11.5 Å². The molecule has 0 saturated heterocycles. The van der Waals surface area contributed by atoms with E-state index in [2.05, 4.69) is 5.32 Å². The summed E-state index contributed by atoms with van der Waals surface area (Å²) in [7, 11) is 1.66. The van der Waals surface area contributed by atoms with Crippen LogP contribution in [0.2, 0.25) is 5.02 Å². The van der Waals surface area contributed by atoms with Crippen molar-refractivity contribution in [2.75, 3.05) is 7.11 Å². The molecule has 2 aromatic carbocycles. The zero-order valence-electron chi connectivity index (χ0n) is 11.6. The van der Waals surface area contributed by atoms with E-state index in [9.17, 15) is 5.11 Å². The molecule has 0 heterocycles. The summed E-state index contributed by atoms with van der Waals surface area (Å²) < 4.78 is 5.35. The summed E-state index contributed by atoms with van der Waals surface area (Å²) in [4.78, 5) is 0. The SMILES string of the molecule is COc1ccccc1[C@H](C)NCc1c(O)cccc1Cl. The first-order valence-electron chi connectivity index (χ1n) is 6.46. The standard InChI is InChI=1S/C16H18ClNO2/c1-11(12-6-3-4-9-16(12)20-2)18-10-13-14(17)7-5-8-15(13)19/h3-9,11,18-19H,10H2,1-2H3/t11-/m0/s1. The Balaban J connectivity index is 2.11. The minimum absolute atomic E-state index is 0.0850. The van der Waals surface area contributed by atoms with Crippen molar-refractivity contribution in [3.63, 3.8) is 0 Å². The van der Waals surface area contributed by atoms with Gasteiger partial charge in [0.25, 0.3) is 0 Å². The number of hydrogen-bond donors (Lipinski definition) is 2. The van der Waals surface area contributed by atoms with Gasteiger partial charge in [0.05, 0.1) is 7.11 Å². The fourth-order valence-electron chi connectivity index (χ4n) is 2.11. The second-order valence-electron chi connectivity index (χ2n) is 4.58. The van der Waals surface area contributed by atoms with Gasteiger partial charge in [0.15, 0.2) is 0 Å². The molecule has 0 spiro atoms. The lowest BCUT2D eigenvalue weighted by Gasteiger charge is -2.18. The number of rotatable bonds is 5. The zero-order chi connectivity index (χ0) is 14.5. The average molecular weight is 292 g/mol. The molecule has 0 fully saturated rings. The summed E-state index contributed by atoms with van der Waals surface area (Å²) >= 11 is 6.09. The van der Waals surface area contributed by atoms with E-state index in [0.29, 0.717) is 17.1 Å². The topological polar surface area (TPSA) is 41.5 Å². The number of nitrogens with one attached hydrogen (secondary N) is 1. The maximum atomic E-state index is 9.83. The van der Waals surface area contributed by atoms with Gasteiger partial charge in [-0.2, -0.15) is 0 Å². The summed E-state index contributed by atoms with van der Waals surface area (Å²) in [5, 5.41) is 13.7. The first-order chi connectivity index (χ1) is 9.63. The second-order valence-corrected chi connectivity index (χ2v) is 4.99. The minimum Gasteiger partial charge on any atom is -0.508 e. The number of halogens is 1. The van der Waals surface area contributed by atoms with Crippen LogP contribution < -0.4 is 10.1 Å². The number of benzene rings is 2. The molecule has 0 bridgehead atoms. The number of phenolic OH excluding ortho intramolecular Hbond substituents is 1. The third kappa shape index (κ3) is 3.24. The molecule has 106 valence electrons. The van der Waals surface area contributed by atoms with Crippen molar-refractivity contribution in [3.8, 4) is 11.5 Å². The molecule has 20 heavy (non-hydrogen) atoms. The lowest BCUT2D eigenvalue weighted by molar-refractivity contribution is 0.401. The molecule has 0 aromatic heterocycles. The molecule has 0 amide bonds. The molecule has 1 atom stereocenters. The van der Waals surface area contributed by atoms with E-state index in [1.165, 1.54) is 0 Å². The van der Waals surface area contributed by atoms with Crippen LogP contribution in [0.3, 0.4) is 0 Å². The van der Waals surface area contributed by atoms with E-state index >= 15 is 0 Å². The van der Waals surface area contributed by atoms with Gasteiger partial charge in [-0.1, -0.05) is 35.9 Å². The molecule has 0 saturated carbocycles. The van der Waals surface area contributed by atoms with Crippen molar-refractivity contribution in [3.05, 3.63) is 58.6 Å². The number of methoxy groups -OCH3 is 1. The Morgan fingerprint density at radius 1 is 1.20 bits per heavy atom. The third-order valence-electron chi connectivity index (χ3n) is 3.28. The number of aromatic hydroxyl groups is 1. The Morgan fingerprint density at radius 2 is 1.95 bits per heavy atom. The van der Waals surface area contributed by atoms with Crippen LogP contribution in [0, 0.1) is 0 Å². The lowest BCUT2D eigenvalue weighted by Crippen LogP contribution is -2.19. The van der Waals surface area contributed by atoms with Crippen LogP contribution >= 0.6 is 11.6 Å².